The first kappa shape index (κ1) is 10.8. The standard InChI is InChI=1S/C10H11NO5/c1-10(9(14)15)5-16-4-6(10)11-7(12)2-3-8(11)13/h2-3,6H,4-5H2,1H3,(H,14,15). The largest absolute Gasteiger partial charge is 0.481 e. The van der Waals surface area contributed by atoms with Crippen molar-refractivity contribution < 1.29 is 24.2 Å². The van der Waals surface area contributed by atoms with E-state index in [1.807, 2.05) is 0 Å². The number of carbonyl (C=O) groups excluding carboxylic acids is 2. The van der Waals surface area contributed by atoms with Gasteiger partial charge in [-0.05, 0) is 6.92 Å². The summed E-state index contributed by atoms with van der Waals surface area (Å²) in [6, 6.07) is -0.736. The maximum Gasteiger partial charge on any atom is 0.313 e. The smallest absolute Gasteiger partial charge is 0.313 e. The highest BCUT2D eigenvalue weighted by Gasteiger charge is 2.52. The van der Waals surface area contributed by atoms with Crippen LogP contribution in [0.3, 0.4) is 0 Å². The molecule has 0 aromatic heterocycles. The first-order valence-corrected chi connectivity index (χ1v) is 4.83. The highest BCUT2D eigenvalue weighted by atomic mass is 16.5. The van der Waals surface area contributed by atoms with Gasteiger partial charge in [-0.3, -0.25) is 19.3 Å². The molecule has 6 heteroatoms. The first-order chi connectivity index (χ1) is 7.47. The van der Waals surface area contributed by atoms with E-state index in [-0.39, 0.29) is 13.2 Å². The molecule has 0 saturated carbocycles. The molecule has 2 atom stereocenters. The molecule has 2 aliphatic rings. The number of carboxylic acids is 1. The van der Waals surface area contributed by atoms with Crippen molar-refractivity contribution in [2.45, 2.75) is 13.0 Å². The van der Waals surface area contributed by atoms with Crippen LogP contribution in [-0.4, -0.2) is 47.0 Å². The monoisotopic (exact) mass is 225 g/mol. The number of rotatable bonds is 2. The summed E-state index contributed by atoms with van der Waals surface area (Å²) in [5.41, 5.74) is -1.22. The van der Waals surface area contributed by atoms with Crippen molar-refractivity contribution in [3.05, 3.63) is 12.2 Å². The molecular weight excluding hydrogens is 214 g/mol. The Kier molecular flexibility index (Phi) is 2.31. The van der Waals surface area contributed by atoms with Crippen molar-refractivity contribution in [3.8, 4) is 0 Å². The lowest BCUT2D eigenvalue weighted by Crippen LogP contribution is -2.52. The summed E-state index contributed by atoms with van der Waals surface area (Å²) in [6.07, 6.45) is 2.28. The number of imide groups is 1. The molecule has 0 aromatic rings. The molecule has 1 saturated heterocycles. The van der Waals surface area contributed by atoms with E-state index < -0.39 is 29.2 Å². The molecule has 0 aliphatic carbocycles. The van der Waals surface area contributed by atoms with Crippen LogP contribution in [0, 0.1) is 5.41 Å². The second-order valence-corrected chi connectivity index (χ2v) is 4.13. The third-order valence-corrected chi connectivity index (χ3v) is 3.06. The molecule has 2 aliphatic heterocycles. The molecule has 2 amide bonds. The van der Waals surface area contributed by atoms with Crippen molar-refractivity contribution in [3.63, 3.8) is 0 Å². The average Bonchev–Trinajstić information content (AvgIpc) is 2.72. The Morgan fingerprint density at radius 2 is 2.06 bits per heavy atom. The SMILES string of the molecule is CC1(C(=O)O)COCC1N1C(=O)C=CC1=O. The molecule has 2 rings (SSSR count). The fraction of sp³-hybridized carbons (Fsp3) is 0.500. The van der Waals surface area contributed by atoms with Crippen molar-refractivity contribution >= 4 is 17.8 Å². The lowest BCUT2D eigenvalue weighted by Gasteiger charge is -2.30. The third-order valence-electron chi connectivity index (χ3n) is 3.06. The summed E-state index contributed by atoms with van der Waals surface area (Å²) in [6.45, 7) is 1.55. The molecule has 86 valence electrons. The van der Waals surface area contributed by atoms with Crippen LogP contribution >= 0.6 is 0 Å². The zero-order valence-electron chi connectivity index (χ0n) is 8.67. The van der Waals surface area contributed by atoms with E-state index in [1.165, 1.54) is 6.92 Å². The number of aliphatic carboxylic acids is 1. The highest BCUT2D eigenvalue weighted by Crippen LogP contribution is 2.34. The minimum atomic E-state index is -1.22. The molecule has 6 nitrogen and oxygen atoms in total. The van der Waals surface area contributed by atoms with Gasteiger partial charge in [-0.2, -0.15) is 0 Å². The van der Waals surface area contributed by atoms with Crippen LogP contribution in [0.2, 0.25) is 0 Å². The van der Waals surface area contributed by atoms with Gasteiger partial charge in [-0.1, -0.05) is 0 Å². The Balaban J connectivity index is 2.31. The van der Waals surface area contributed by atoms with Gasteiger partial charge in [-0.25, -0.2) is 0 Å². The van der Waals surface area contributed by atoms with Crippen LogP contribution < -0.4 is 0 Å². The molecule has 1 fully saturated rings. The average molecular weight is 225 g/mol. The molecular formula is C10H11NO5. The van der Waals surface area contributed by atoms with Crippen LogP contribution in [0.15, 0.2) is 12.2 Å². The van der Waals surface area contributed by atoms with Crippen LogP contribution in [0.25, 0.3) is 0 Å². The van der Waals surface area contributed by atoms with Gasteiger partial charge >= 0.3 is 5.97 Å². The van der Waals surface area contributed by atoms with Crippen molar-refractivity contribution in [2.75, 3.05) is 13.2 Å². The fourth-order valence-electron chi connectivity index (χ4n) is 1.95. The molecule has 16 heavy (non-hydrogen) atoms. The number of carboxylic acid groups (broad SMARTS) is 1. The number of amides is 2. The van der Waals surface area contributed by atoms with Crippen molar-refractivity contribution in [2.24, 2.45) is 5.41 Å². The van der Waals surface area contributed by atoms with Gasteiger partial charge in [0.15, 0.2) is 0 Å². The lowest BCUT2D eigenvalue weighted by molar-refractivity contribution is -0.153. The highest BCUT2D eigenvalue weighted by molar-refractivity contribution is 6.13. The van der Waals surface area contributed by atoms with Gasteiger partial charge in [0.05, 0.1) is 19.3 Å². The molecule has 0 bridgehead atoms. The maximum absolute atomic E-state index is 11.5. The van der Waals surface area contributed by atoms with Gasteiger partial charge in [0.1, 0.15) is 5.41 Å². The molecule has 1 N–H and O–H groups in total. The molecule has 0 spiro atoms. The van der Waals surface area contributed by atoms with Gasteiger partial charge in [0, 0.05) is 12.2 Å². The second-order valence-electron chi connectivity index (χ2n) is 4.13. The fourth-order valence-corrected chi connectivity index (χ4v) is 1.95. The van der Waals surface area contributed by atoms with E-state index in [4.69, 9.17) is 9.84 Å². The van der Waals surface area contributed by atoms with E-state index in [9.17, 15) is 14.4 Å². The third kappa shape index (κ3) is 1.34. The van der Waals surface area contributed by atoms with E-state index in [2.05, 4.69) is 0 Å². The number of ether oxygens (including phenoxy) is 1. The van der Waals surface area contributed by atoms with Crippen LogP contribution in [-0.2, 0) is 19.1 Å². The minimum absolute atomic E-state index is 0.00403. The Morgan fingerprint density at radius 1 is 1.50 bits per heavy atom. The van der Waals surface area contributed by atoms with Gasteiger partial charge in [0.2, 0.25) is 0 Å². The lowest BCUT2D eigenvalue weighted by atomic mass is 9.84. The quantitative estimate of drug-likeness (QED) is 0.634. The van der Waals surface area contributed by atoms with Crippen LogP contribution in [0.4, 0.5) is 0 Å². The summed E-state index contributed by atoms with van der Waals surface area (Å²) in [5, 5.41) is 9.13. The van der Waals surface area contributed by atoms with Gasteiger partial charge < -0.3 is 9.84 Å². The van der Waals surface area contributed by atoms with E-state index >= 15 is 0 Å². The topological polar surface area (TPSA) is 83.9 Å². The Bertz CT molecular complexity index is 384. The van der Waals surface area contributed by atoms with Gasteiger partial charge in [-0.15, -0.1) is 0 Å². The summed E-state index contributed by atoms with van der Waals surface area (Å²) >= 11 is 0. The van der Waals surface area contributed by atoms with E-state index in [1.54, 1.807) is 0 Å². The minimum Gasteiger partial charge on any atom is -0.481 e. The number of hydrogen-bond acceptors (Lipinski definition) is 4. The van der Waals surface area contributed by atoms with Crippen LogP contribution in [0.1, 0.15) is 6.92 Å². The van der Waals surface area contributed by atoms with E-state index in [0.29, 0.717) is 0 Å². The maximum atomic E-state index is 11.5. The Labute approximate surface area is 91.5 Å². The normalized spacial score (nSPS) is 33.8. The first-order valence-electron chi connectivity index (χ1n) is 4.83. The summed E-state index contributed by atoms with van der Waals surface area (Å²) in [4.78, 5) is 35.0. The van der Waals surface area contributed by atoms with Crippen molar-refractivity contribution in [1.29, 1.82) is 0 Å². The zero-order valence-corrected chi connectivity index (χ0v) is 8.67. The molecule has 2 heterocycles. The predicted octanol–water partition coefficient (Wildman–Crippen LogP) is -0.599. The number of hydrogen-bond donors (Lipinski definition) is 1. The number of carbonyl (C=O) groups is 3. The van der Waals surface area contributed by atoms with Crippen molar-refractivity contribution in [1.82, 2.24) is 4.90 Å². The second kappa shape index (κ2) is 3.41. The molecule has 0 aromatic carbocycles. The Hall–Kier alpha value is -1.69. The Morgan fingerprint density at radius 3 is 2.56 bits per heavy atom. The summed E-state index contributed by atoms with van der Waals surface area (Å²) in [7, 11) is 0. The summed E-state index contributed by atoms with van der Waals surface area (Å²) in [5.74, 6) is -2.02. The molecule has 2 unspecified atom stereocenters. The summed E-state index contributed by atoms with van der Waals surface area (Å²) < 4.78 is 5.09. The van der Waals surface area contributed by atoms with Gasteiger partial charge in [0.25, 0.3) is 11.8 Å². The number of nitrogens with zero attached hydrogens (tertiary/aromatic N) is 1. The zero-order chi connectivity index (χ0) is 11.9. The molecule has 0 radical (unpaired) electrons. The predicted molar refractivity (Wildman–Crippen MR) is 51.3 cm³/mol. The van der Waals surface area contributed by atoms with E-state index in [0.717, 1.165) is 17.1 Å². The van der Waals surface area contributed by atoms with Crippen LogP contribution in [0.5, 0.6) is 0 Å².